The third kappa shape index (κ3) is 1.97. The highest BCUT2D eigenvalue weighted by atomic mass is 16.1. The molecular weight excluding hydrogens is 292 g/mol. The molecule has 0 radical (unpaired) electrons. The van der Waals surface area contributed by atoms with Crippen LogP contribution in [-0.4, -0.2) is 5.78 Å². The van der Waals surface area contributed by atoms with Gasteiger partial charge in [-0.15, -0.1) is 0 Å². The molecule has 0 amide bonds. The van der Waals surface area contributed by atoms with Crippen molar-refractivity contribution >= 4 is 5.78 Å². The number of rotatable bonds is 1. The molecule has 24 heavy (non-hydrogen) atoms. The second-order valence-electron chi connectivity index (χ2n) is 8.07. The van der Waals surface area contributed by atoms with Crippen LogP contribution in [0.1, 0.15) is 58.9 Å². The van der Waals surface area contributed by atoms with E-state index >= 15 is 0 Å². The van der Waals surface area contributed by atoms with Gasteiger partial charge in [-0.3, -0.25) is 4.79 Å². The number of benzene rings is 1. The molecule has 2 atom stereocenters. The summed E-state index contributed by atoms with van der Waals surface area (Å²) in [5.74, 6) is 0.528. The van der Waals surface area contributed by atoms with Gasteiger partial charge in [0.2, 0.25) is 0 Å². The van der Waals surface area contributed by atoms with E-state index in [-0.39, 0.29) is 11.3 Å². The first-order chi connectivity index (χ1) is 11.4. The van der Waals surface area contributed by atoms with Crippen LogP contribution < -0.4 is 0 Å². The first kappa shape index (κ1) is 15.6. The summed E-state index contributed by atoms with van der Waals surface area (Å²) in [5, 5.41) is 0. The number of Topliss-reactive ketones (excluding diaryl/α,β-unsaturated/α-hetero) is 1. The molecule has 0 aromatic heterocycles. The third-order valence-corrected chi connectivity index (χ3v) is 6.80. The van der Waals surface area contributed by atoms with Crippen LogP contribution in [0.15, 0.2) is 63.8 Å². The van der Waals surface area contributed by atoms with Crippen LogP contribution in [0.2, 0.25) is 0 Å². The Morgan fingerprint density at radius 1 is 0.875 bits per heavy atom. The van der Waals surface area contributed by atoms with Gasteiger partial charge in [-0.25, -0.2) is 0 Å². The predicted octanol–water partition coefficient (Wildman–Crippen LogP) is 5.68. The maximum Gasteiger partial charge on any atom is 0.163 e. The Labute approximate surface area is 145 Å². The fourth-order valence-electron chi connectivity index (χ4n) is 5.11. The fourth-order valence-corrected chi connectivity index (χ4v) is 5.11. The van der Waals surface area contributed by atoms with Crippen molar-refractivity contribution in [3.63, 3.8) is 0 Å². The lowest BCUT2D eigenvalue weighted by molar-refractivity contribution is -0.119. The minimum absolute atomic E-state index is 0.0980. The van der Waals surface area contributed by atoms with Crippen LogP contribution in [-0.2, 0) is 10.2 Å². The number of hydrogen-bond donors (Lipinski definition) is 0. The summed E-state index contributed by atoms with van der Waals surface area (Å²) in [6.07, 6.45) is 3.77. The Morgan fingerprint density at radius 3 is 2.25 bits per heavy atom. The maximum absolute atomic E-state index is 13.4. The molecule has 3 aliphatic rings. The van der Waals surface area contributed by atoms with E-state index < -0.39 is 0 Å². The smallest absolute Gasteiger partial charge is 0.163 e. The maximum atomic E-state index is 13.4. The van der Waals surface area contributed by atoms with Gasteiger partial charge >= 0.3 is 0 Å². The van der Waals surface area contributed by atoms with E-state index in [1.54, 1.807) is 0 Å². The van der Waals surface area contributed by atoms with E-state index in [1.165, 1.54) is 33.4 Å². The van der Waals surface area contributed by atoms with Gasteiger partial charge in [-0.1, -0.05) is 52.6 Å². The number of hydrogen-bond acceptors (Lipinski definition) is 1. The van der Waals surface area contributed by atoms with Crippen molar-refractivity contribution in [1.82, 2.24) is 0 Å². The van der Waals surface area contributed by atoms with Crippen LogP contribution in [0.5, 0.6) is 0 Å². The molecule has 0 spiro atoms. The lowest BCUT2D eigenvalue weighted by Gasteiger charge is -2.43. The SMILES string of the molecule is CC1=C(C)CC2=C(C1)C(=O)[C@@H]1CC(C)=C(C)C[C@]21c1ccccc1. The topological polar surface area (TPSA) is 17.1 Å². The van der Waals surface area contributed by atoms with Crippen molar-refractivity contribution in [3.05, 3.63) is 69.3 Å². The van der Waals surface area contributed by atoms with Crippen LogP contribution in [0.25, 0.3) is 0 Å². The van der Waals surface area contributed by atoms with Gasteiger partial charge in [0.25, 0.3) is 0 Å². The summed E-state index contributed by atoms with van der Waals surface area (Å²) in [7, 11) is 0. The molecule has 0 saturated carbocycles. The molecule has 0 fully saturated rings. The predicted molar refractivity (Wildman–Crippen MR) is 98.9 cm³/mol. The quantitative estimate of drug-likeness (QED) is 0.609. The average molecular weight is 318 g/mol. The summed E-state index contributed by atoms with van der Waals surface area (Å²) in [6, 6.07) is 10.8. The van der Waals surface area contributed by atoms with Gasteiger partial charge in [-0.2, -0.15) is 0 Å². The molecule has 0 heterocycles. The van der Waals surface area contributed by atoms with E-state index in [0.29, 0.717) is 5.78 Å². The van der Waals surface area contributed by atoms with Crippen molar-refractivity contribution in [2.75, 3.05) is 0 Å². The van der Waals surface area contributed by atoms with E-state index in [0.717, 1.165) is 31.3 Å². The normalized spacial score (nSPS) is 30.0. The summed E-state index contributed by atoms with van der Waals surface area (Å²) < 4.78 is 0. The van der Waals surface area contributed by atoms with E-state index in [1.807, 2.05) is 0 Å². The molecule has 1 aromatic rings. The van der Waals surface area contributed by atoms with E-state index in [9.17, 15) is 4.79 Å². The van der Waals surface area contributed by atoms with Gasteiger partial charge in [0.05, 0.1) is 0 Å². The highest BCUT2D eigenvalue weighted by Gasteiger charge is 2.55. The Bertz CT molecular complexity index is 819. The third-order valence-electron chi connectivity index (χ3n) is 6.80. The number of ketones is 1. The van der Waals surface area contributed by atoms with Gasteiger partial charge in [0.1, 0.15) is 0 Å². The van der Waals surface area contributed by atoms with E-state index in [2.05, 4.69) is 58.0 Å². The largest absolute Gasteiger partial charge is 0.294 e. The number of carbonyl (C=O) groups excluding carboxylic acids is 1. The Hall–Kier alpha value is -1.89. The van der Waals surface area contributed by atoms with Crippen molar-refractivity contribution in [2.24, 2.45) is 5.92 Å². The van der Waals surface area contributed by atoms with Crippen LogP contribution in [0, 0.1) is 5.92 Å². The first-order valence-corrected chi connectivity index (χ1v) is 9.08. The number of fused-ring (bicyclic) bond motifs is 2. The molecular formula is C23H26O. The molecule has 0 saturated heterocycles. The van der Waals surface area contributed by atoms with Crippen LogP contribution in [0.4, 0.5) is 0 Å². The van der Waals surface area contributed by atoms with Crippen molar-refractivity contribution in [3.8, 4) is 0 Å². The van der Waals surface area contributed by atoms with Gasteiger partial charge in [0, 0.05) is 11.3 Å². The zero-order valence-electron chi connectivity index (χ0n) is 15.2. The zero-order valence-corrected chi connectivity index (χ0v) is 15.2. The van der Waals surface area contributed by atoms with Crippen molar-refractivity contribution in [1.29, 1.82) is 0 Å². The first-order valence-electron chi connectivity index (χ1n) is 9.08. The molecule has 1 heteroatoms. The Morgan fingerprint density at radius 2 is 1.54 bits per heavy atom. The molecule has 0 unspecified atom stereocenters. The second-order valence-corrected chi connectivity index (χ2v) is 8.07. The minimum Gasteiger partial charge on any atom is -0.294 e. The Balaban J connectivity index is 1.95. The standard InChI is InChI=1S/C23H26O/c1-14-10-19-20(11-15(14)2)23(18-8-6-5-7-9-18)13-17(4)16(3)12-21(23)22(19)24/h5-9,21H,10-13H2,1-4H3/t21-,23-/m0/s1. The van der Waals surface area contributed by atoms with E-state index in [4.69, 9.17) is 0 Å². The second kappa shape index (κ2) is 5.31. The number of allylic oxidation sites excluding steroid dienone is 6. The van der Waals surface area contributed by atoms with Crippen LogP contribution >= 0.6 is 0 Å². The molecule has 3 aliphatic carbocycles. The molecule has 0 N–H and O–H groups in total. The fraction of sp³-hybridized carbons (Fsp3) is 0.435. The summed E-state index contributed by atoms with van der Waals surface area (Å²) in [4.78, 5) is 13.4. The molecule has 4 rings (SSSR count). The number of carbonyl (C=O) groups is 1. The summed E-state index contributed by atoms with van der Waals surface area (Å²) in [5.41, 5.74) is 9.55. The lowest BCUT2D eigenvalue weighted by Crippen LogP contribution is -2.39. The average Bonchev–Trinajstić information content (AvgIpc) is 2.80. The van der Waals surface area contributed by atoms with Crippen LogP contribution in [0.3, 0.4) is 0 Å². The highest BCUT2D eigenvalue weighted by molar-refractivity contribution is 6.04. The van der Waals surface area contributed by atoms with Gasteiger partial charge < -0.3 is 0 Å². The molecule has 124 valence electrons. The summed E-state index contributed by atoms with van der Waals surface area (Å²) >= 11 is 0. The molecule has 0 aliphatic heterocycles. The molecule has 0 bridgehead atoms. The zero-order chi connectivity index (χ0) is 17.1. The Kier molecular flexibility index (Phi) is 3.46. The monoisotopic (exact) mass is 318 g/mol. The van der Waals surface area contributed by atoms with Crippen molar-refractivity contribution in [2.45, 2.75) is 58.8 Å². The van der Waals surface area contributed by atoms with Crippen molar-refractivity contribution < 1.29 is 4.79 Å². The van der Waals surface area contributed by atoms with Gasteiger partial charge in [0.15, 0.2) is 5.78 Å². The minimum atomic E-state index is -0.0980. The lowest BCUT2D eigenvalue weighted by atomic mass is 9.59. The van der Waals surface area contributed by atoms with Gasteiger partial charge in [-0.05, 0) is 70.1 Å². The molecule has 1 aromatic carbocycles. The highest BCUT2D eigenvalue weighted by Crippen LogP contribution is 2.59. The summed E-state index contributed by atoms with van der Waals surface area (Å²) in [6.45, 7) is 8.91. The molecule has 1 nitrogen and oxygen atoms in total.